The first kappa shape index (κ1) is 17.9. The Balaban J connectivity index is 1.59. The first-order chi connectivity index (χ1) is 12.5. The second-order valence-corrected chi connectivity index (χ2v) is 6.64. The van der Waals surface area contributed by atoms with Gasteiger partial charge in [-0.05, 0) is 43.3 Å². The van der Waals surface area contributed by atoms with Crippen molar-refractivity contribution in [2.45, 2.75) is 12.1 Å². The third-order valence-electron chi connectivity index (χ3n) is 3.89. The van der Waals surface area contributed by atoms with Crippen molar-refractivity contribution >= 4 is 29.1 Å². The van der Waals surface area contributed by atoms with Crippen LogP contribution in [0.4, 0.5) is 5.69 Å². The van der Waals surface area contributed by atoms with Crippen molar-refractivity contribution in [3.63, 3.8) is 0 Å². The zero-order valence-corrected chi connectivity index (χ0v) is 15.3. The molecule has 26 heavy (non-hydrogen) atoms. The fraction of sp³-hybridized carbons (Fsp3) is 0.158. The topological polar surface area (TPSA) is 76.9 Å². The van der Waals surface area contributed by atoms with Gasteiger partial charge in [-0.15, -0.1) is 10.2 Å². The minimum atomic E-state index is -0.183. The molecule has 0 aliphatic carbocycles. The zero-order chi connectivity index (χ0) is 18.5. The van der Waals surface area contributed by atoms with Gasteiger partial charge in [-0.3, -0.25) is 9.59 Å². The molecule has 0 saturated carbocycles. The molecule has 0 atom stereocenters. The molecule has 3 aromatic rings. The highest BCUT2D eigenvalue weighted by molar-refractivity contribution is 7.99. The quantitative estimate of drug-likeness (QED) is 0.535. The number of Topliss-reactive ketones (excluding diaryl/α,β-unsaturated/α-hetero) is 1. The number of ketones is 1. The van der Waals surface area contributed by atoms with Crippen LogP contribution in [0.15, 0.2) is 59.8 Å². The second-order valence-electron chi connectivity index (χ2n) is 5.70. The van der Waals surface area contributed by atoms with Gasteiger partial charge in [0.25, 0.3) is 5.91 Å². The van der Waals surface area contributed by atoms with Gasteiger partial charge in [0.15, 0.2) is 10.9 Å². The summed E-state index contributed by atoms with van der Waals surface area (Å²) in [5.74, 6) is 0.898. The summed E-state index contributed by atoms with van der Waals surface area (Å²) >= 11 is 1.35. The fourth-order valence-corrected chi connectivity index (χ4v) is 3.11. The van der Waals surface area contributed by atoms with E-state index in [0.29, 0.717) is 22.0 Å². The van der Waals surface area contributed by atoms with Crippen LogP contribution in [0, 0.1) is 6.92 Å². The van der Waals surface area contributed by atoms with Gasteiger partial charge in [0.2, 0.25) is 0 Å². The molecule has 0 radical (unpaired) electrons. The Morgan fingerprint density at radius 1 is 1.00 bits per heavy atom. The molecular weight excluding hydrogens is 348 g/mol. The van der Waals surface area contributed by atoms with Crippen molar-refractivity contribution < 1.29 is 9.59 Å². The molecule has 0 aliphatic heterocycles. The molecule has 6 nitrogen and oxygen atoms in total. The SMILES string of the molecule is Cc1nnc(SCC(=O)c2ccc(NC(=O)c3ccccc3)cc2)n1C. The summed E-state index contributed by atoms with van der Waals surface area (Å²) in [5, 5.41) is 11.5. The highest BCUT2D eigenvalue weighted by Gasteiger charge is 2.11. The summed E-state index contributed by atoms with van der Waals surface area (Å²) in [4.78, 5) is 24.5. The third-order valence-corrected chi connectivity index (χ3v) is 4.91. The molecule has 2 aromatic carbocycles. The van der Waals surface area contributed by atoms with Gasteiger partial charge in [0.1, 0.15) is 5.82 Å². The van der Waals surface area contributed by atoms with Gasteiger partial charge in [-0.1, -0.05) is 30.0 Å². The van der Waals surface area contributed by atoms with Crippen molar-refractivity contribution in [1.29, 1.82) is 0 Å². The number of carbonyl (C=O) groups excluding carboxylic acids is 2. The lowest BCUT2D eigenvalue weighted by Crippen LogP contribution is -2.12. The minimum absolute atomic E-state index is 0.00316. The number of hydrogen-bond donors (Lipinski definition) is 1. The number of amides is 1. The van der Waals surface area contributed by atoms with Crippen molar-refractivity contribution in [3.05, 3.63) is 71.5 Å². The van der Waals surface area contributed by atoms with Crippen LogP contribution in [0.25, 0.3) is 0 Å². The summed E-state index contributed by atoms with van der Waals surface area (Å²) in [5.41, 5.74) is 1.82. The van der Waals surface area contributed by atoms with E-state index < -0.39 is 0 Å². The normalized spacial score (nSPS) is 10.5. The fourth-order valence-electron chi connectivity index (χ4n) is 2.26. The molecule has 0 unspecified atom stereocenters. The molecule has 1 aromatic heterocycles. The standard InChI is InChI=1S/C19H18N4O2S/c1-13-21-22-19(23(13)2)26-12-17(24)14-8-10-16(11-9-14)20-18(25)15-6-4-3-5-7-15/h3-11H,12H2,1-2H3,(H,20,25). The first-order valence-corrected chi connectivity index (χ1v) is 9.01. The lowest BCUT2D eigenvalue weighted by molar-refractivity contribution is 0.101. The lowest BCUT2D eigenvalue weighted by atomic mass is 10.1. The minimum Gasteiger partial charge on any atom is -0.322 e. The highest BCUT2D eigenvalue weighted by Crippen LogP contribution is 2.18. The van der Waals surface area contributed by atoms with Gasteiger partial charge >= 0.3 is 0 Å². The van der Waals surface area contributed by atoms with Gasteiger partial charge in [0.05, 0.1) is 5.75 Å². The first-order valence-electron chi connectivity index (χ1n) is 8.03. The summed E-state index contributed by atoms with van der Waals surface area (Å²) in [6.07, 6.45) is 0. The number of nitrogens with zero attached hydrogens (tertiary/aromatic N) is 3. The van der Waals surface area contributed by atoms with Crippen LogP contribution < -0.4 is 5.32 Å². The molecule has 132 valence electrons. The predicted octanol–water partition coefficient (Wildman–Crippen LogP) is 3.35. The summed E-state index contributed by atoms with van der Waals surface area (Å²) in [6, 6.07) is 15.9. The van der Waals surface area contributed by atoms with E-state index in [1.807, 2.05) is 36.7 Å². The maximum Gasteiger partial charge on any atom is 0.255 e. The van der Waals surface area contributed by atoms with Gasteiger partial charge in [0, 0.05) is 23.9 Å². The average Bonchev–Trinajstić information content (AvgIpc) is 2.99. The monoisotopic (exact) mass is 366 g/mol. The maximum atomic E-state index is 12.3. The van der Waals surface area contributed by atoms with Crippen LogP contribution in [0.2, 0.25) is 0 Å². The molecule has 0 fully saturated rings. The predicted molar refractivity (Wildman–Crippen MR) is 102 cm³/mol. The highest BCUT2D eigenvalue weighted by atomic mass is 32.2. The van der Waals surface area contributed by atoms with E-state index in [1.165, 1.54) is 11.8 Å². The summed E-state index contributed by atoms with van der Waals surface area (Å²) in [7, 11) is 1.87. The van der Waals surface area contributed by atoms with Crippen LogP contribution in [0.5, 0.6) is 0 Å². The zero-order valence-electron chi connectivity index (χ0n) is 14.5. The van der Waals surface area contributed by atoms with Crippen molar-refractivity contribution in [2.75, 3.05) is 11.1 Å². The van der Waals surface area contributed by atoms with Gasteiger partial charge in [-0.2, -0.15) is 0 Å². The van der Waals surface area contributed by atoms with E-state index in [0.717, 1.165) is 5.82 Å². The summed E-state index contributed by atoms with van der Waals surface area (Å²) in [6.45, 7) is 1.86. The van der Waals surface area contributed by atoms with Crippen molar-refractivity contribution in [3.8, 4) is 0 Å². The van der Waals surface area contributed by atoms with E-state index in [-0.39, 0.29) is 17.4 Å². The third kappa shape index (κ3) is 4.18. The molecule has 1 amide bonds. The van der Waals surface area contributed by atoms with Gasteiger partial charge < -0.3 is 9.88 Å². The van der Waals surface area contributed by atoms with E-state index in [2.05, 4.69) is 15.5 Å². The number of anilines is 1. The number of aryl methyl sites for hydroxylation is 1. The lowest BCUT2D eigenvalue weighted by Gasteiger charge is -2.06. The number of carbonyl (C=O) groups is 2. The summed E-state index contributed by atoms with van der Waals surface area (Å²) < 4.78 is 1.85. The Morgan fingerprint density at radius 2 is 1.69 bits per heavy atom. The molecule has 1 N–H and O–H groups in total. The van der Waals surface area contributed by atoms with E-state index >= 15 is 0 Å². The number of aromatic nitrogens is 3. The Morgan fingerprint density at radius 3 is 2.31 bits per heavy atom. The van der Waals surface area contributed by atoms with E-state index in [4.69, 9.17) is 0 Å². The van der Waals surface area contributed by atoms with Crippen LogP contribution in [-0.4, -0.2) is 32.2 Å². The van der Waals surface area contributed by atoms with Crippen molar-refractivity contribution in [2.24, 2.45) is 7.05 Å². The molecule has 0 aliphatic rings. The number of nitrogens with one attached hydrogen (secondary N) is 1. The Hall–Kier alpha value is -2.93. The van der Waals surface area contributed by atoms with Crippen LogP contribution in [0.3, 0.4) is 0 Å². The smallest absolute Gasteiger partial charge is 0.255 e. The maximum absolute atomic E-state index is 12.3. The number of rotatable bonds is 6. The van der Waals surface area contributed by atoms with Crippen LogP contribution in [-0.2, 0) is 7.05 Å². The van der Waals surface area contributed by atoms with Crippen molar-refractivity contribution in [1.82, 2.24) is 14.8 Å². The van der Waals surface area contributed by atoms with Crippen LogP contribution >= 0.6 is 11.8 Å². The Labute approximate surface area is 155 Å². The molecular formula is C19H18N4O2S. The molecule has 0 saturated heterocycles. The number of hydrogen-bond acceptors (Lipinski definition) is 5. The molecule has 1 heterocycles. The van der Waals surface area contributed by atoms with E-state index in [9.17, 15) is 9.59 Å². The molecule has 0 spiro atoms. The average molecular weight is 366 g/mol. The molecule has 3 rings (SSSR count). The Bertz CT molecular complexity index is 920. The van der Waals surface area contributed by atoms with Crippen LogP contribution in [0.1, 0.15) is 26.5 Å². The molecule has 7 heteroatoms. The largest absolute Gasteiger partial charge is 0.322 e. The number of benzene rings is 2. The second kappa shape index (κ2) is 7.97. The molecule has 0 bridgehead atoms. The van der Waals surface area contributed by atoms with Gasteiger partial charge in [-0.25, -0.2) is 0 Å². The number of thioether (sulfide) groups is 1. The van der Waals surface area contributed by atoms with E-state index in [1.54, 1.807) is 36.4 Å². The Kier molecular flexibility index (Phi) is 5.48.